The van der Waals surface area contributed by atoms with E-state index in [1.54, 1.807) is 0 Å². The zero-order valence-corrected chi connectivity index (χ0v) is 30.4. The van der Waals surface area contributed by atoms with Crippen LogP contribution in [0, 0.1) is 0 Å². The van der Waals surface area contributed by atoms with Crippen molar-refractivity contribution < 1.29 is 58.8 Å². The summed E-state index contributed by atoms with van der Waals surface area (Å²) in [6, 6.07) is 0. The van der Waals surface area contributed by atoms with Crippen LogP contribution in [0.4, 0.5) is 0 Å². The Balaban J connectivity index is -0.000000285. The van der Waals surface area contributed by atoms with E-state index in [1.807, 2.05) is 0 Å². The maximum atomic E-state index is 10.3. The molecule has 0 amide bonds. The van der Waals surface area contributed by atoms with E-state index in [2.05, 4.69) is 13.8 Å². The molecule has 0 bridgehead atoms. The Labute approximate surface area is 250 Å². The maximum Gasteiger partial charge on any atom is 0.303 e. The van der Waals surface area contributed by atoms with E-state index in [9.17, 15) is 9.59 Å². The molecule has 0 rings (SSSR count). The van der Waals surface area contributed by atoms with E-state index in [-0.39, 0.29) is 39.0 Å². The fourth-order valence-electron chi connectivity index (χ4n) is 4.23. The van der Waals surface area contributed by atoms with Crippen LogP contribution in [0.1, 0.15) is 181 Å². The second-order valence-electron chi connectivity index (χ2n) is 10.1. The zero-order chi connectivity index (χ0) is 25.5. The molecule has 0 aromatic carbocycles. The van der Waals surface area contributed by atoms with Crippen LogP contribution < -0.4 is 0 Å². The van der Waals surface area contributed by atoms with E-state index in [0.29, 0.717) is 12.8 Å². The molecular formula is C30H60O4Zn2. The summed E-state index contributed by atoms with van der Waals surface area (Å²) < 4.78 is 0. The topological polar surface area (TPSA) is 74.6 Å². The molecular weight excluding hydrogens is 555 g/mol. The molecule has 0 saturated heterocycles. The molecule has 0 radical (unpaired) electrons. The number of carbonyl (C=O) groups is 2. The van der Waals surface area contributed by atoms with Gasteiger partial charge in [0, 0.05) is 51.8 Å². The maximum absolute atomic E-state index is 10.3. The Kier molecular flexibility index (Phi) is 47.7. The summed E-state index contributed by atoms with van der Waals surface area (Å²) in [6.07, 6.45) is 31.7. The SMILES string of the molecule is CCCCCCCCCCCC(=O)O.CCCCCCCCCCCCCCCCCC(=O)O.[Zn].[Zn]. The monoisotopic (exact) mass is 612 g/mol. The Morgan fingerprint density at radius 1 is 0.361 bits per heavy atom. The number of hydrogen-bond acceptors (Lipinski definition) is 2. The van der Waals surface area contributed by atoms with Crippen molar-refractivity contribution in [3.05, 3.63) is 0 Å². The largest absolute Gasteiger partial charge is 0.481 e. The molecule has 0 atom stereocenters. The summed E-state index contributed by atoms with van der Waals surface area (Å²) in [6.45, 7) is 4.50. The summed E-state index contributed by atoms with van der Waals surface area (Å²) in [5.41, 5.74) is 0. The molecule has 0 aromatic rings. The van der Waals surface area contributed by atoms with E-state index in [4.69, 9.17) is 10.2 Å². The van der Waals surface area contributed by atoms with Gasteiger partial charge in [0.1, 0.15) is 0 Å². The predicted octanol–water partition coefficient (Wildman–Crippen LogP) is 10.3. The van der Waals surface area contributed by atoms with E-state index in [0.717, 1.165) is 25.7 Å². The summed E-state index contributed by atoms with van der Waals surface area (Å²) in [5, 5.41) is 16.9. The number of hydrogen-bond donors (Lipinski definition) is 2. The van der Waals surface area contributed by atoms with Gasteiger partial charge in [-0.2, -0.15) is 0 Å². The molecule has 0 saturated carbocycles. The number of rotatable bonds is 26. The fourth-order valence-corrected chi connectivity index (χ4v) is 4.23. The standard InChI is InChI=1S/C18H36O2.C12H24O2.2Zn/c1-2-3-4-5-6-7-8-9-10-11-12-13-14-15-16-17-18(19)20;1-2-3-4-5-6-7-8-9-10-11-12(13)14;;/h2-17H2,1H3,(H,19,20);2-11H2,1H3,(H,13,14);;. The normalized spacial score (nSPS) is 10.1. The third-order valence-electron chi connectivity index (χ3n) is 6.49. The van der Waals surface area contributed by atoms with Crippen LogP contribution in [-0.2, 0) is 48.5 Å². The quantitative estimate of drug-likeness (QED) is 0.0750. The third-order valence-corrected chi connectivity index (χ3v) is 6.49. The number of aliphatic carboxylic acids is 2. The molecule has 0 heterocycles. The zero-order valence-electron chi connectivity index (χ0n) is 24.5. The molecule has 0 aliphatic carbocycles. The van der Waals surface area contributed by atoms with Gasteiger partial charge >= 0.3 is 11.9 Å². The minimum Gasteiger partial charge on any atom is -0.481 e. The van der Waals surface area contributed by atoms with Crippen molar-refractivity contribution in [1.82, 2.24) is 0 Å². The van der Waals surface area contributed by atoms with Crippen LogP contribution >= 0.6 is 0 Å². The average molecular weight is 616 g/mol. The van der Waals surface area contributed by atoms with Crippen LogP contribution in [0.2, 0.25) is 0 Å². The first-order chi connectivity index (χ1) is 16.5. The summed E-state index contributed by atoms with van der Waals surface area (Å²) >= 11 is 0. The molecule has 0 aromatic heterocycles. The molecule has 0 unspecified atom stereocenters. The van der Waals surface area contributed by atoms with E-state index < -0.39 is 11.9 Å². The van der Waals surface area contributed by atoms with Gasteiger partial charge in [0.05, 0.1) is 0 Å². The van der Waals surface area contributed by atoms with Gasteiger partial charge in [-0.25, -0.2) is 0 Å². The first-order valence-corrected chi connectivity index (χ1v) is 15.0. The Morgan fingerprint density at radius 3 is 0.694 bits per heavy atom. The Bertz CT molecular complexity index is 420. The van der Waals surface area contributed by atoms with Gasteiger partial charge in [0.15, 0.2) is 0 Å². The van der Waals surface area contributed by atoms with E-state index >= 15 is 0 Å². The number of unbranched alkanes of at least 4 members (excludes halogenated alkanes) is 22. The third kappa shape index (κ3) is 47.4. The van der Waals surface area contributed by atoms with Crippen molar-refractivity contribution in [2.45, 2.75) is 181 Å². The second-order valence-corrected chi connectivity index (χ2v) is 10.1. The van der Waals surface area contributed by atoms with E-state index in [1.165, 1.54) is 128 Å². The van der Waals surface area contributed by atoms with Gasteiger partial charge in [-0.15, -0.1) is 0 Å². The minimum atomic E-state index is -0.659. The molecule has 0 fully saturated rings. The average Bonchev–Trinajstić information content (AvgIpc) is 2.80. The van der Waals surface area contributed by atoms with Gasteiger partial charge < -0.3 is 10.2 Å². The molecule has 2 N–H and O–H groups in total. The van der Waals surface area contributed by atoms with Crippen molar-refractivity contribution in [2.75, 3.05) is 0 Å². The number of carboxylic acids is 2. The van der Waals surface area contributed by atoms with Gasteiger partial charge in [0.2, 0.25) is 0 Å². The van der Waals surface area contributed by atoms with Crippen LogP contribution in [0.25, 0.3) is 0 Å². The summed E-state index contributed by atoms with van der Waals surface area (Å²) in [7, 11) is 0. The van der Waals surface area contributed by atoms with Crippen LogP contribution in [0.5, 0.6) is 0 Å². The first kappa shape index (κ1) is 43.2. The van der Waals surface area contributed by atoms with Crippen molar-refractivity contribution in [2.24, 2.45) is 0 Å². The van der Waals surface area contributed by atoms with Crippen LogP contribution in [0.3, 0.4) is 0 Å². The Hall–Kier alpha value is 0.187. The van der Waals surface area contributed by atoms with Gasteiger partial charge in [0.25, 0.3) is 0 Å². The molecule has 4 nitrogen and oxygen atoms in total. The summed E-state index contributed by atoms with van der Waals surface area (Å²) in [5.74, 6) is -1.31. The number of carboxylic acid groups (broad SMARTS) is 2. The predicted molar refractivity (Wildman–Crippen MR) is 147 cm³/mol. The van der Waals surface area contributed by atoms with Crippen LogP contribution in [0.15, 0.2) is 0 Å². The first-order valence-electron chi connectivity index (χ1n) is 15.0. The smallest absolute Gasteiger partial charge is 0.303 e. The van der Waals surface area contributed by atoms with Crippen molar-refractivity contribution in [3.63, 3.8) is 0 Å². The molecule has 6 heteroatoms. The molecule has 0 spiro atoms. The molecule has 0 aliphatic heterocycles. The molecule has 36 heavy (non-hydrogen) atoms. The van der Waals surface area contributed by atoms with Crippen molar-refractivity contribution in [3.8, 4) is 0 Å². The van der Waals surface area contributed by atoms with Gasteiger partial charge in [-0.1, -0.05) is 155 Å². The van der Waals surface area contributed by atoms with Crippen LogP contribution in [-0.4, -0.2) is 22.2 Å². The Morgan fingerprint density at radius 2 is 0.528 bits per heavy atom. The summed E-state index contributed by atoms with van der Waals surface area (Å²) in [4.78, 5) is 20.5. The minimum absolute atomic E-state index is 0. The second kappa shape index (κ2) is 39.7. The molecule has 208 valence electrons. The van der Waals surface area contributed by atoms with Gasteiger partial charge in [-0.3, -0.25) is 9.59 Å². The fraction of sp³-hybridized carbons (Fsp3) is 0.933. The van der Waals surface area contributed by atoms with Crippen molar-refractivity contribution >= 4 is 11.9 Å². The van der Waals surface area contributed by atoms with Crippen molar-refractivity contribution in [1.29, 1.82) is 0 Å². The van der Waals surface area contributed by atoms with Gasteiger partial charge in [-0.05, 0) is 12.8 Å². The molecule has 0 aliphatic rings.